The van der Waals surface area contributed by atoms with E-state index >= 15 is 0 Å². The molecular weight excluding hydrogens is 294 g/mol. The van der Waals surface area contributed by atoms with Crippen LogP contribution in [0.25, 0.3) is 6.08 Å². The molecule has 1 aromatic carbocycles. The number of carbonyl (C=O) groups is 2. The van der Waals surface area contributed by atoms with Gasteiger partial charge in [-0.3, -0.25) is 4.79 Å². The number of amides is 1. The molecule has 1 atom stereocenters. The Labute approximate surface area is 134 Å². The van der Waals surface area contributed by atoms with Crippen LogP contribution in [0.3, 0.4) is 0 Å². The van der Waals surface area contributed by atoms with Crippen molar-refractivity contribution in [2.24, 2.45) is 0 Å². The minimum Gasteiger partial charge on any atom is -0.467 e. The molecule has 0 fully saturated rings. The number of ether oxygens (including phenoxy) is 1. The second-order valence-electron chi connectivity index (χ2n) is 5.12. The number of rotatable bonds is 6. The minimum absolute atomic E-state index is 0.257. The molecule has 1 aromatic heterocycles. The van der Waals surface area contributed by atoms with Gasteiger partial charge >= 0.3 is 5.97 Å². The van der Waals surface area contributed by atoms with Gasteiger partial charge in [0, 0.05) is 6.08 Å². The second-order valence-corrected chi connectivity index (χ2v) is 5.12. The standard InChI is InChI=1S/C18H19NO4/c1-13-5-7-15(8-6-13)9-10-17(20)23-14(2)18(21)19-12-16-4-3-11-22-16/h3-11,14H,12H2,1-2H3,(H,19,21)/b10-9+. The molecule has 2 aromatic rings. The summed E-state index contributed by atoms with van der Waals surface area (Å²) in [6.07, 6.45) is 3.61. The summed E-state index contributed by atoms with van der Waals surface area (Å²) in [6.45, 7) is 3.77. The summed E-state index contributed by atoms with van der Waals surface area (Å²) in [5.41, 5.74) is 2.04. The number of hydrogen-bond acceptors (Lipinski definition) is 4. The monoisotopic (exact) mass is 313 g/mol. The van der Waals surface area contributed by atoms with E-state index in [1.165, 1.54) is 19.3 Å². The van der Waals surface area contributed by atoms with Crippen molar-refractivity contribution in [3.05, 3.63) is 65.6 Å². The van der Waals surface area contributed by atoms with Gasteiger partial charge in [-0.25, -0.2) is 4.79 Å². The molecule has 1 heterocycles. The van der Waals surface area contributed by atoms with E-state index in [4.69, 9.17) is 9.15 Å². The summed E-state index contributed by atoms with van der Waals surface area (Å²) < 4.78 is 10.2. The maximum Gasteiger partial charge on any atom is 0.331 e. The first-order chi connectivity index (χ1) is 11.0. The summed E-state index contributed by atoms with van der Waals surface area (Å²) in [5, 5.41) is 2.64. The Morgan fingerprint density at radius 3 is 2.65 bits per heavy atom. The van der Waals surface area contributed by atoms with Crippen LogP contribution in [0.2, 0.25) is 0 Å². The first-order valence-electron chi connectivity index (χ1n) is 7.30. The fourth-order valence-electron chi connectivity index (χ4n) is 1.84. The van der Waals surface area contributed by atoms with E-state index in [0.29, 0.717) is 5.76 Å². The Bertz CT molecular complexity index is 672. The van der Waals surface area contributed by atoms with Crippen LogP contribution in [-0.2, 0) is 20.9 Å². The van der Waals surface area contributed by atoms with Gasteiger partial charge in [0.2, 0.25) is 0 Å². The molecule has 1 amide bonds. The molecule has 23 heavy (non-hydrogen) atoms. The molecule has 0 aliphatic carbocycles. The first kappa shape index (κ1) is 16.5. The molecule has 0 saturated carbocycles. The van der Waals surface area contributed by atoms with Gasteiger partial charge in [0.05, 0.1) is 12.8 Å². The number of hydrogen-bond donors (Lipinski definition) is 1. The van der Waals surface area contributed by atoms with E-state index in [0.717, 1.165) is 11.1 Å². The summed E-state index contributed by atoms with van der Waals surface area (Å²) in [6, 6.07) is 11.2. The van der Waals surface area contributed by atoms with Crippen LogP contribution in [-0.4, -0.2) is 18.0 Å². The van der Waals surface area contributed by atoms with Crippen LogP contribution < -0.4 is 5.32 Å². The summed E-state index contributed by atoms with van der Waals surface area (Å²) >= 11 is 0. The number of benzene rings is 1. The van der Waals surface area contributed by atoms with Crippen molar-refractivity contribution in [2.45, 2.75) is 26.5 Å². The van der Waals surface area contributed by atoms with E-state index < -0.39 is 12.1 Å². The number of aryl methyl sites for hydroxylation is 1. The van der Waals surface area contributed by atoms with Crippen LogP contribution in [0.5, 0.6) is 0 Å². The van der Waals surface area contributed by atoms with Crippen LogP contribution in [0, 0.1) is 6.92 Å². The maximum absolute atomic E-state index is 11.8. The van der Waals surface area contributed by atoms with Crippen molar-refractivity contribution in [1.82, 2.24) is 5.32 Å². The largest absolute Gasteiger partial charge is 0.467 e. The highest BCUT2D eigenvalue weighted by Gasteiger charge is 2.16. The van der Waals surface area contributed by atoms with E-state index in [1.807, 2.05) is 31.2 Å². The van der Waals surface area contributed by atoms with Gasteiger partial charge in [0.25, 0.3) is 5.91 Å². The summed E-state index contributed by atoms with van der Waals surface area (Å²) in [7, 11) is 0. The van der Waals surface area contributed by atoms with Crippen molar-refractivity contribution in [2.75, 3.05) is 0 Å². The van der Waals surface area contributed by atoms with E-state index in [-0.39, 0.29) is 12.5 Å². The molecule has 120 valence electrons. The lowest BCUT2D eigenvalue weighted by Gasteiger charge is -2.11. The fraction of sp³-hybridized carbons (Fsp3) is 0.222. The average Bonchev–Trinajstić information content (AvgIpc) is 3.05. The van der Waals surface area contributed by atoms with Crippen LogP contribution in [0.1, 0.15) is 23.8 Å². The number of nitrogens with one attached hydrogen (secondary N) is 1. The van der Waals surface area contributed by atoms with Gasteiger partial charge < -0.3 is 14.5 Å². The zero-order valence-electron chi connectivity index (χ0n) is 13.1. The molecule has 0 bridgehead atoms. The lowest BCUT2D eigenvalue weighted by molar-refractivity contribution is -0.150. The Morgan fingerprint density at radius 1 is 1.26 bits per heavy atom. The molecule has 5 nitrogen and oxygen atoms in total. The minimum atomic E-state index is -0.875. The van der Waals surface area contributed by atoms with Gasteiger partial charge in [0.15, 0.2) is 6.10 Å². The van der Waals surface area contributed by atoms with Gasteiger partial charge in [-0.2, -0.15) is 0 Å². The third-order valence-electron chi connectivity index (χ3n) is 3.17. The van der Waals surface area contributed by atoms with E-state index in [1.54, 1.807) is 18.2 Å². The highest BCUT2D eigenvalue weighted by Crippen LogP contribution is 2.06. The summed E-state index contributed by atoms with van der Waals surface area (Å²) in [4.78, 5) is 23.6. The van der Waals surface area contributed by atoms with Gasteiger partial charge in [0.1, 0.15) is 5.76 Å². The normalized spacial score (nSPS) is 12.1. The summed E-state index contributed by atoms with van der Waals surface area (Å²) in [5.74, 6) is -0.305. The Hall–Kier alpha value is -2.82. The van der Waals surface area contributed by atoms with Crippen molar-refractivity contribution in [3.63, 3.8) is 0 Å². The second kappa shape index (κ2) is 7.98. The lowest BCUT2D eigenvalue weighted by Crippen LogP contribution is -2.35. The van der Waals surface area contributed by atoms with Gasteiger partial charge in [-0.1, -0.05) is 29.8 Å². The molecule has 0 radical (unpaired) electrons. The number of esters is 1. The van der Waals surface area contributed by atoms with Crippen molar-refractivity contribution in [3.8, 4) is 0 Å². The fourth-order valence-corrected chi connectivity index (χ4v) is 1.84. The third kappa shape index (κ3) is 5.47. The first-order valence-corrected chi connectivity index (χ1v) is 7.30. The van der Waals surface area contributed by atoms with Crippen molar-refractivity contribution >= 4 is 18.0 Å². The molecular formula is C18H19NO4. The SMILES string of the molecule is Cc1ccc(/C=C/C(=O)OC(C)C(=O)NCc2ccco2)cc1. The molecule has 1 N–H and O–H groups in total. The molecule has 0 spiro atoms. The van der Waals surface area contributed by atoms with Gasteiger partial charge in [-0.05, 0) is 37.6 Å². The molecule has 1 unspecified atom stereocenters. The van der Waals surface area contributed by atoms with Crippen molar-refractivity contribution < 1.29 is 18.7 Å². The third-order valence-corrected chi connectivity index (χ3v) is 3.17. The molecule has 2 rings (SSSR count). The van der Waals surface area contributed by atoms with E-state index in [9.17, 15) is 9.59 Å². The van der Waals surface area contributed by atoms with Crippen LogP contribution in [0.15, 0.2) is 53.2 Å². The molecule has 0 aliphatic heterocycles. The lowest BCUT2D eigenvalue weighted by atomic mass is 10.1. The molecule has 0 aliphatic rings. The highest BCUT2D eigenvalue weighted by molar-refractivity contribution is 5.90. The predicted octanol–water partition coefficient (Wildman–Crippen LogP) is 2.85. The predicted molar refractivity (Wildman–Crippen MR) is 86.3 cm³/mol. The zero-order valence-corrected chi connectivity index (χ0v) is 13.1. The van der Waals surface area contributed by atoms with Gasteiger partial charge in [-0.15, -0.1) is 0 Å². The van der Waals surface area contributed by atoms with E-state index in [2.05, 4.69) is 5.32 Å². The average molecular weight is 313 g/mol. The highest BCUT2D eigenvalue weighted by atomic mass is 16.5. The quantitative estimate of drug-likeness (QED) is 0.658. The molecule has 0 saturated heterocycles. The maximum atomic E-state index is 11.8. The van der Waals surface area contributed by atoms with Crippen LogP contribution in [0.4, 0.5) is 0 Å². The van der Waals surface area contributed by atoms with Crippen molar-refractivity contribution in [1.29, 1.82) is 0 Å². The Morgan fingerprint density at radius 2 is 2.00 bits per heavy atom. The Kier molecular flexibility index (Phi) is 5.74. The topological polar surface area (TPSA) is 68.5 Å². The Balaban J connectivity index is 1.79. The zero-order chi connectivity index (χ0) is 16.7. The smallest absolute Gasteiger partial charge is 0.331 e. The molecule has 5 heteroatoms. The number of carbonyl (C=O) groups excluding carboxylic acids is 2. The van der Waals surface area contributed by atoms with Crippen LogP contribution >= 0.6 is 0 Å². The number of furan rings is 1.